The Bertz CT molecular complexity index is 852. The lowest BCUT2D eigenvalue weighted by Crippen LogP contribution is -2.43. The van der Waals surface area contributed by atoms with Crippen molar-refractivity contribution in [3.63, 3.8) is 0 Å². The molecule has 1 fully saturated rings. The van der Waals surface area contributed by atoms with E-state index in [9.17, 15) is 8.42 Å². The standard InChI is InChI=1S/C17H22BrN3O2S/c1-3-11-24(22,23)21-13-14(12-20-9-7-19(2)8-10-20)17-15(18)5-4-6-16(17)21/h3-6,13H,1,7-12H2,2H3. The van der Waals surface area contributed by atoms with E-state index in [1.807, 2.05) is 18.2 Å². The first-order valence-corrected chi connectivity index (χ1v) is 10.4. The van der Waals surface area contributed by atoms with Crippen LogP contribution >= 0.6 is 15.9 Å². The molecule has 1 aliphatic heterocycles. The summed E-state index contributed by atoms with van der Waals surface area (Å²) in [6.07, 6.45) is 3.20. The fraction of sp³-hybridized carbons (Fsp3) is 0.412. The third-order valence-electron chi connectivity index (χ3n) is 4.44. The number of fused-ring (bicyclic) bond motifs is 1. The summed E-state index contributed by atoms with van der Waals surface area (Å²) in [5, 5.41) is 0.976. The number of piperazine rings is 1. The van der Waals surface area contributed by atoms with E-state index < -0.39 is 10.0 Å². The van der Waals surface area contributed by atoms with Gasteiger partial charge in [-0.15, -0.1) is 6.58 Å². The van der Waals surface area contributed by atoms with Crippen molar-refractivity contribution in [2.45, 2.75) is 6.54 Å². The topological polar surface area (TPSA) is 45.6 Å². The molecule has 2 aromatic rings. The van der Waals surface area contributed by atoms with E-state index in [2.05, 4.69) is 39.4 Å². The van der Waals surface area contributed by atoms with Crippen molar-refractivity contribution < 1.29 is 8.42 Å². The summed E-state index contributed by atoms with van der Waals surface area (Å²) < 4.78 is 27.5. The Morgan fingerprint density at radius 3 is 2.62 bits per heavy atom. The maximum absolute atomic E-state index is 12.6. The molecule has 0 saturated carbocycles. The van der Waals surface area contributed by atoms with Gasteiger partial charge in [-0.1, -0.05) is 28.1 Å². The Labute approximate surface area is 151 Å². The van der Waals surface area contributed by atoms with Gasteiger partial charge in [0.2, 0.25) is 10.0 Å². The molecule has 130 valence electrons. The van der Waals surface area contributed by atoms with E-state index in [0.29, 0.717) is 0 Å². The Hall–Kier alpha value is -1.15. The van der Waals surface area contributed by atoms with Gasteiger partial charge in [-0.05, 0) is 24.7 Å². The molecule has 5 nitrogen and oxygen atoms in total. The van der Waals surface area contributed by atoms with Crippen LogP contribution in [0, 0.1) is 0 Å². The van der Waals surface area contributed by atoms with Crippen LogP contribution in [0.15, 0.2) is 41.5 Å². The number of hydrogen-bond donors (Lipinski definition) is 0. The zero-order valence-electron chi connectivity index (χ0n) is 13.8. The molecule has 0 radical (unpaired) electrons. The van der Waals surface area contributed by atoms with E-state index in [-0.39, 0.29) is 5.75 Å². The number of hydrogen-bond acceptors (Lipinski definition) is 4. The van der Waals surface area contributed by atoms with E-state index in [4.69, 9.17) is 0 Å². The minimum Gasteiger partial charge on any atom is -0.304 e. The number of likely N-dealkylation sites (N-methyl/N-ethyl adjacent to an activating group) is 1. The van der Waals surface area contributed by atoms with Crippen molar-refractivity contribution in [1.82, 2.24) is 13.8 Å². The van der Waals surface area contributed by atoms with Crippen LogP contribution < -0.4 is 0 Å². The Morgan fingerprint density at radius 1 is 1.25 bits per heavy atom. The first-order valence-electron chi connectivity index (χ1n) is 7.96. The van der Waals surface area contributed by atoms with Gasteiger partial charge < -0.3 is 4.90 Å². The third-order valence-corrected chi connectivity index (χ3v) is 6.66. The molecule has 24 heavy (non-hydrogen) atoms. The number of benzene rings is 1. The van der Waals surface area contributed by atoms with Gasteiger partial charge in [0, 0.05) is 48.8 Å². The average molecular weight is 412 g/mol. The Kier molecular flexibility index (Phi) is 5.15. The summed E-state index contributed by atoms with van der Waals surface area (Å²) >= 11 is 3.59. The second kappa shape index (κ2) is 7.00. The van der Waals surface area contributed by atoms with Crippen LogP contribution in [0.5, 0.6) is 0 Å². The quantitative estimate of drug-likeness (QED) is 0.709. The van der Waals surface area contributed by atoms with Crippen LogP contribution in [0.3, 0.4) is 0 Å². The highest BCUT2D eigenvalue weighted by atomic mass is 79.9. The van der Waals surface area contributed by atoms with E-state index in [1.165, 1.54) is 10.0 Å². The van der Waals surface area contributed by atoms with Crippen molar-refractivity contribution in [3.05, 3.63) is 47.1 Å². The first kappa shape index (κ1) is 17.7. The van der Waals surface area contributed by atoms with Crippen LogP contribution in [-0.4, -0.2) is 61.2 Å². The van der Waals surface area contributed by atoms with Crippen LogP contribution in [-0.2, 0) is 16.6 Å². The highest BCUT2D eigenvalue weighted by molar-refractivity contribution is 9.10. The van der Waals surface area contributed by atoms with E-state index in [1.54, 1.807) is 6.20 Å². The normalized spacial score (nSPS) is 17.4. The van der Waals surface area contributed by atoms with Gasteiger partial charge in [-0.2, -0.15) is 0 Å². The van der Waals surface area contributed by atoms with Crippen molar-refractivity contribution in [2.24, 2.45) is 0 Å². The molecule has 0 bridgehead atoms. The summed E-state index contributed by atoms with van der Waals surface area (Å²) in [4.78, 5) is 4.68. The number of halogens is 1. The Balaban J connectivity index is 2.03. The maximum atomic E-state index is 12.6. The highest BCUT2D eigenvalue weighted by Gasteiger charge is 2.21. The van der Waals surface area contributed by atoms with Gasteiger partial charge in [-0.3, -0.25) is 4.90 Å². The lowest BCUT2D eigenvalue weighted by atomic mass is 10.1. The Morgan fingerprint density at radius 2 is 1.96 bits per heavy atom. The van der Waals surface area contributed by atoms with Gasteiger partial charge in [-0.25, -0.2) is 12.4 Å². The molecular formula is C17H22BrN3O2S. The lowest BCUT2D eigenvalue weighted by Gasteiger charge is -2.32. The van der Waals surface area contributed by atoms with Crippen LogP contribution in [0.2, 0.25) is 0 Å². The molecule has 1 saturated heterocycles. The van der Waals surface area contributed by atoms with Crippen molar-refractivity contribution in [1.29, 1.82) is 0 Å². The molecule has 7 heteroatoms. The molecule has 0 unspecified atom stereocenters. The smallest absolute Gasteiger partial charge is 0.242 e. The molecule has 0 atom stereocenters. The van der Waals surface area contributed by atoms with Crippen molar-refractivity contribution in [2.75, 3.05) is 39.0 Å². The van der Waals surface area contributed by atoms with Crippen molar-refractivity contribution >= 4 is 36.9 Å². The number of rotatable bonds is 5. The minimum atomic E-state index is -3.43. The zero-order chi connectivity index (χ0) is 17.3. The van der Waals surface area contributed by atoms with Crippen LogP contribution in [0.1, 0.15) is 5.56 Å². The maximum Gasteiger partial charge on any atom is 0.242 e. The first-order chi connectivity index (χ1) is 11.4. The molecule has 1 aromatic heterocycles. The molecule has 0 amide bonds. The fourth-order valence-corrected chi connectivity index (χ4v) is 4.92. The summed E-state index contributed by atoms with van der Waals surface area (Å²) in [6, 6.07) is 5.68. The predicted octanol–water partition coefficient (Wildman–Crippen LogP) is 2.52. The summed E-state index contributed by atoms with van der Waals surface area (Å²) in [7, 11) is -1.30. The average Bonchev–Trinajstić information content (AvgIpc) is 2.90. The molecule has 2 heterocycles. The van der Waals surface area contributed by atoms with Crippen molar-refractivity contribution in [3.8, 4) is 0 Å². The van der Waals surface area contributed by atoms with Gasteiger partial charge in [0.1, 0.15) is 0 Å². The molecular weight excluding hydrogens is 390 g/mol. The summed E-state index contributed by atoms with van der Waals surface area (Å²) in [5.74, 6) is -0.0722. The van der Waals surface area contributed by atoms with E-state index in [0.717, 1.165) is 53.7 Å². The molecule has 0 N–H and O–H groups in total. The van der Waals surface area contributed by atoms with Gasteiger partial charge in [0.25, 0.3) is 0 Å². The molecule has 1 aromatic carbocycles. The largest absolute Gasteiger partial charge is 0.304 e. The van der Waals surface area contributed by atoms with Gasteiger partial charge in [0.05, 0.1) is 11.3 Å². The lowest BCUT2D eigenvalue weighted by molar-refractivity contribution is 0.148. The second-order valence-electron chi connectivity index (χ2n) is 6.23. The summed E-state index contributed by atoms with van der Waals surface area (Å²) in [5.41, 5.74) is 1.75. The number of nitrogens with zero attached hydrogens (tertiary/aromatic N) is 3. The second-order valence-corrected chi connectivity index (χ2v) is 8.98. The van der Waals surface area contributed by atoms with Gasteiger partial charge >= 0.3 is 0 Å². The highest BCUT2D eigenvalue weighted by Crippen LogP contribution is 2.31. The SMILES string of the molecule is C=CCS(=O)(=O)n1cc(CN2CCN(C)CC2)c2c(Br)cccc21. The molecule has 1 aliphatic rings. The van der Waals surface area contributed by atoms with E-state index >= 15 is 0 Å². The molecule has 0 spiro atoms. The summed E-state index contributed by atoms with van der Waals surface area (Å²) in [6.45, 7) is 8.37. The third kappa shape index (κ3) is 3.44. The minimum absolute atomic E-state index is 0.0722. The molecule has 3 rings (SSSR count). The van der Waals surface area contributed by atoms with Crippen LogP contribution in [0.25, 0.3) is 10.9 Å². The monoisotopic (exact) mass is 411 g/mol. The predicted molar refractivity (Wildman–Crippen MR) is 102 cm³/mol. The van der Waals surface area contributed by atoms with Gasteiger partial charge in [0.15, 0.2) is 0 Å². The fourth-order valence-electron chi connectivity index (χ4n) is 3.12. The van der Waals surface area contributed by atoms with Crippen LogP contribution in [0.4, 0.5) is 0 Å². The zero-order valence-corrected chi connectivity index (χ0v) is 16.2. The number of aromatic nitrogens is 1. The molecule has 0 aliphatic carbocycles.